The van der Waals surface area contributed by atoms with Gasteiger partial charge in [-0.3, -0.25) is 19.5 Å². The molecule has 11 heteroatoms. The fourth-order valence-corrected chi connectivity index (χ4v) is 4.71. The van der Waals surface area contributed by atoms with E-state index in [-0.39, 0.29) is 61.3 Å². The van der Waals surface area contributed by atoms with E-state index in [1.807, 2.05) is 0 Å². The fraction of sp³-hybridized carbons (Fsp3) is 0.320. The lowest BCUT2D eigenvalue weighted by atomic mass is 10.1. The van der Waals surface area contributed by atoms with Crippen LogP contribution in [0.25, 0.3) is 11.4 Å². The first kappa shape index (κ1) is 23.5. The molecule has 3 N–H and O–H groups in total. The van der Waals surface area contributed by atoms with Crippen LogP contribution in [0.5, 0.6) is 5.75 Å². The molecular formula is C25H25FN6O4. The molecule has 2 aliphatic heterocycles. The maximum Gasteiger partial charge on any atom is 0.255 e. The van der Waals surface area contributed by atoms with Crippen molar-refractivity contribution >= 4 is 17.7 Å². The van der Waals surface area contributed by atoms with Crippen molar-refractivity contribution in [2.75, 3.05) is 19.7 Å². The number of aromatic nitrogens is 3. The molecule has 1 aromatic heterocycles. The summed E-state index contributed by atoms with van der Waals surface area (Å²) in [6.07, 6.45) is 2.80. The Morgan fingerprint density at radius 3 is 2.64 bits per heavy atom. The summed E-state index contributed by atoms with van der Waals surface area (Å²) in [7, 11) is 0. The molecule has 0 spiro atoms. The second kappa shape index (κ2) is 10.1. The molecule has 1 fully saturated rings. The number of hydrogen-bond acceptors (Lipinski definition) is 6. The van der Waals surface area contributed by atoms with Crippen molar-refractivity contribution in [3.63, 3.8) is 0 Å². The average Bonchev–Trinajstić information content (AvgIpc) is 3.55. The van der Waals surface area contributed by atoms with Crippen molar-refractivity contribution in [2.24, 2.45) is 0 Å². The molecule has 0 saturated carbocycles. The van der Waals surface area contributed by atoms with Crippen LogP contribution in [0.2, 0.25) is 0 Å². The van der Waals surface area contributed by atoms with Crippen molar-refractivity contribution in [1.82, 2.24) is 30.7 Å². The van der Waals surface area contributed by atoms with E-state index >= 15 is 0 Å². The van der Waals surface area contributed by atoms with Crippen LogP contribution < -0.4 is 15.4 Å². The van der Waals surface area contributed by atoms with Crippen LogP contribution in [0.15, 0.2) is 48.8 Å². The lowest BCUT2D eigenvalue weighted by Gasteiger charge is -2.31. The molecule has 1 saturated heterocycles. The summed E-state index contributed by atoms with van der Waals surface area (Å²) in [6.45, 7) is 0.490. The minimum atomic E-state index is -0.562. The van der Waals surface area contributed by atoms with Crippen molar-refractivity contribution in [1.29, 1.82) is 0 Å². The molecule has 5 rings (SSSR count). The van der Waals surface area contributed by atoms with Gasteiger partial charge in [0, 0.05) is 36.2 Å². The van der Waals surface area contributed by atoms with Gasteiger partial charge < -0.3 is 20.3 Å². The molecule has 0 radical (unpaired) electrons. The second-order valence-electron chi connectivity index (χ2n) is 8.76. The van der Waals surface area contributed by atoms with E-state index in [9.17, 15) is 18.8 Å². The first-order chi connectivity index (χ1) is 17.5. The van der Waals surface area contributed by atoms with E-state index in [1.54, 1.807) is 29.2 Å². The number of nitrogens with one attached hydrogen (secondary N) is 3. The number of aromatic amines is 1. The third kappa shape index (κ3) is 4.90. The Morgan fingerprint density at radius 2 is 1.86 bits per heavy atom. The molecule has 2 atom stereocenters. The van der Waals surface area contributed by atoms with Gasteiger partial charge in [0.25, 0.3) is 11.8 Å². The molecule has 2 aromatic carbocycles. The summed E-state index contributed by atoms with van der Waals surface area (Å²) in [5.41, 5.74) is 1.31. The molecule has 2 aliphatic rings. The zero-order valence-corrected chi connectivity index (χ0v) is 19.4. The molecule has 0 unspecified atom stereocenters. The Hall–Kier alpha value is -4.28. The maximum atomic E-state index is 13.9. The molecule has 36 heavy (non-hydrogen) atoms. The molecule has 3 amide bonds. The number of amides is 3. The van der Waals surface area contributed by atoms with Crippen molar-refractivity contribution in [3.8, 4) is 17.1 Å². The van der Waals surface area contributed by atoms with E-state index in [0.717, 1.165) is 11.6 Å². The van der Waals surface area contributed by atoms with Crippen molar-refractivity contribution < 1.29 is 23.5 Å². The van der Waals surface area contributed by atoms with Gasteiger partial charge in [0.05, 0.1) is 12.1 Å². The van der Waals surface area contributed by atoms with Gasteiger partial charge in [-0.2, -0.15) is 5.10 Å². The number of hydrogen-bond donors (Lipinski definition) is 3. The minimum Gasteiger partial charge on any atom is -0.491 e. The molecule has 186 valence electrons. The predicted molar refractivity (Wildman–Crippen MR) is 127 cm³/mol. The molecular weight excluding hydrogens is 467 g/mol. The Labute approximate surface area is 206 Å². The zero-order valence-electron chi connectivity index (χ0n) is 19.4. The summed E-state index contributed by atoms with van der Waals surface area (Å²) in [5, 5.41) is 12.3. The number of rotatable bonds is 2. The predicted octanol–water partition coefficient (Wildman–Crippen LogP) is 1.91. The molecule has 10 nitrogen and oxygen atoms in total. The van der Waals surface area contributed by atoms with Gasteiger partial charge in [-0.25, -0.2) is 9.37 Å². The van der Waals surface area contributed by atoms with Gasteiger partial charge in [-0.15, -0.1) is 0 Å². The van der Waals surface area contributed by atoms with E-state index in [0.29, 0.717) is 24.2 Å². The van der Waals surface area contributed by atoms with Crippen LogP contribution in [0.3, 0.4) is 0 Å². The first-order valence-corrected chi connectivity index (χ1v) is 11.8. The van der Waals surface area contributed by atoms with Gasteiger partial charge >= 0.3 is 0 Å². The van der Waals surface area contributed by atoms with Gasteiger partial charge in [0.1, 0.15) is 24.5 Å². The summed E-state index contributed by atoms with van der Waals surface area (Å²) >= 11 is 0. The fourth-order valence-electron chi connectivity index (χ4n) is 4.71. The van der Waals surface area contributed by atoms with Crippen LogP contribution in [0.1, 0.15) is 40.0 Å². The first-order valence-electron chi connectivity index (χ1n) is 11.8. The number of fused-ring (bicyclic) bond motifs is 3. The monoisotopic (exact) mass is 492 g/mol. The standard InChI is InChI=1S/C25H25FN6O4/c26-17-5-8-21-20(11-17)24(34)28-13-19-7-6-18(12-22(33)27-9-10-36-21)32(19)25(35)16-3-1-15(2-4-16)23-29-14-30-31-23/h1-5,8,11,14,18-19H,6-7,9-10,12-13H2,(H,27,33)(H,28,34)(H,29,30,31)/t18-,19+/m0/s1. The Morgan fingerprint density at radius 1 is 1.06 bits per heavy atom. The average molecular weight is 493 g/mol. The largest absolute Gasteiger partial charge is 0.491 e. The smallest absolute Gasteiger partial charge is 0.255 e. The van der Waals surface area contributed by atoms with Crippen molar-refractivity contribution in [2.45, 2.75) is 31.3 Å². The topological polar surface area (TPSA) is 129 Å². The number of ether oxygens (including phenoxy) is 1. The van der Waals surface area contributed by atoms with Crippen LogP contribution in [0.4, 0.5) is 4.39 Å². The highest BCUT2D eigenvalue weighted by Gasteiger charge is 2.38. The Bertz CT molecular complexity index is 1260. The highest BCUT2D eigenvalue weighted by atomic mass is 19.1. The van der Waals surface area contributed by atoms with E-state index in [2.05, 4.69) is 25.8 Å². The third-order valence-corrected chi connectivity index (χ3v) is 6.46. The van der Waals surface area contributed by atoms with Crippen LogP contribution in [-0.2, 0) is 4.79 Å². The molecule has 3 heterocycles. The van der Waals surface area contributed by atoms with Gasteiger partial charge in [0.2, 0.25) is 5.91 Å². The van der Waals surface area contributed by atoms with E-state index in [4.69, 9.17) is 4.74 Å². The van der Waals surface area contributed by atoms with Crippen molar-refractivity contribution in [3.05, 3.63) is 65.7 Å². The highest BCUT2D eigenvalue weighted by Crippen LogP contribution is 2.29. The Balaban J connectivity index is 1.40. The van der Waals surface area contributed by atoms with Crippen LogP contribution >= 0.6 is 0 Å². The van der Waals surface area contributed by atoms with Gasteiger partial charge in [-0.1, -0.05) is 12.1 Å². The molecule has 3 aromatic rings. The summed E-state index contributed by atoms with van der Waals surface area (Å²) < 4.78 is 19.5. The summed E-state index contributed by atoms with van der Waals surface area (Å²) in [4.78, 5) is 44.9. The number of nitrogens with zero attached hydrogens (tertiary/aromatic N) is 3. The maximum absolute atomic E-state index is 13.9. The zero-order chi connectivity index (χ0) is 25.1. The second-order valence-corrected chi connectivity index (χ2v) is 8.76. The summed E-state index contributed by atoms with van der Waals surface area (Å²) in [6, 6.07) is 10.0. The molecule has 2 bridgehead atoms. The van der Waals surface area contributed by atoms with E-state index in [1.165, 1.54) is 18.5 Å². The lowest BCUT2D eigenvalue weighted by molar-refractivity contribution is -0.122. The summed E-state index contributed by atoms with van der Waals surface area (Å²) in [5.74, 6) is -0.651. The molecule has 0 aliphatic carbocycles. The quantitative estimate of drug-likeness (QED) is 0.501. The normalized spacial score (nSPS) is 20.5. The van der Waals surface area contributed by atoms with Crippen LogP contribution in [-0.4, -0.2) is 69.6 Å². The number of halogens is 1. The van der Waals surface area contributed by atoms with E-state index < -0.39 is 11.7 Å². The lowest BCUT2D eigenvalue weighted by Crippen LogP contribution is -2.48. The number of carbonyl (C=O) groups excluding carboxylic acids is 3. The minimum absolute atomic E-state index is 0.0637. The van der Waals surface area contributed by atoms with Gasteiger partial charge in [-0.05, 0) is 43.2 Å². The van der Waals surface area contributed by atoms with Gasteiger partial charge in [0.15, 0.2) is 5.82 Å². The Kier molecular flexibility index (Phi) is 6.61. The number of benzene rings is 2. The third-order valence-electron chi connectivity index (χ3n) is 6.46. The SMILES string of the molecule is O=C1C[C@@H]2CC[C@H](CNC(=O)c3cc(F)ccc3OCCN1)N2C(=O)c1ccc(-c2ncn[nH]2)cc1. The highest BCUT2D eigenvalue weighted by molar-refractivity contribution is 5.97. The number of H-pyrrole nitrogens is 1. The van der Waals surface area contributed by atoms with Crippen LogP contribution in [0, 0.1) is 5.82 Å². The number of carbonyl (C=O) groups is 3.